The number of benzene rings is 2. The summed E-state index contributed by atoms with van der Waals surface area (Å²) < 4.78 is 25.7. The predicted octanol–water partition coefficient (Wildman–Crippen LogP) is 3.06. The number of hydrogen-bond donors (Lipinski definition) is 0. The lowest BCUT2D eigenvalue weighted by Crippen LogP contribution is -2.05. The molecular weight excluding hydrogens is 298 g/mol. The molecule has 0 amide bonds. The third kappa shape index (κ3) is 3.48. The van der Waals surface area contributed by atoms with Crippen molar-refractivity contribution < 1.29 is 23.3 Å². The largest absolute Gasteiger partial charge is 0.372 e. The highest BCUT2D eigenvalue weighted by atomic mass is 19.2. The first kappa shape index (κ1) is 15.2. The Labute approximate surface area is 122 Å². The van der Waals surface area contributed by atoms with E-state index in [2.05, 4.69) is 9.99 Å². The molecule has 112 valence electrons. The van der Waals surface area contributed by atoms with Gasteiger partial charge in [-0.3, -0.25) is 10.1 Å². The van der Waals surface area contributed by atoms with Gasteiger partial charge in [0.2, 0.25) is 0 Å². The fourth-order valence-corrected chi connectivity index (χ4v) is 1.58. The Balaban J connectivity index is 2.11. The van der Waals surface area contributed by atoms with Crippen molar-refractivity contribution in [2.45, 2.75) is 0 Å². The van der Waals surface area contributed by atoms with Crippen molar-refractivity contribution in [3.05, 3.63) is 75.3 Å². The number of halogens is 2. The lowest BCUT2D eigenvalue weighted by atomic mass is 10.2. The molecule has 22 heavy (non-hydrogen) atoms. The number of carbonyl (C=O) groups is 1. The highest BCUT2D eigenvalue weighted by molar-refractivity contribution is 5.94. The fraction of sp³-hybridized carbons (Fsp3) is 0. The number of hydrogen-bond acceptors (Lipinski definition) is 5. The van der Waals surface area contributed by atoms with E-state index in [1.54, 1.807) is 0 Å². The number of nitrogens with zero attached hydrogens (tertiary/aromatic N) is 2. The second-order valence-electron chi connectivity index (χ2n) is 4.06. The summed E-state index contributed by atoms with van der Waals surface area (Å²) in [5, 5.41) is 14.1. The minimum atomic E-state index is -1.08. The molecule has 0 atom stereocenters. The summed E-state index contributed by atoms with van der Waals surface area (Å²) in [5.41, 5.74) is -0.528. The Morgan fingerprint density at radius 2 is 1.91 bits per heavy atom. The maximum atomic E-state index is 13.0. The van der Waals surface area contributed by atoms with Crippen LogP contribution in [-0.4, -0.2) is 17.1 Å². The Hall–Kier alpha value is -3.16. The second kappa shape index (κ2) is 6.53. The average Bonchev–Trinajstić information content (AvgIpc) is 2.50. The number of nitro groups is 1. The van der Waals surface area contributed by atoms with Crippen molar-refractivity contribution in [2.75, 3.05) is 0 Å². The van der Waals surface area contributed by atoms with E-state index in [4.69, 9.17) is 0 Å². The van der Waals surface area contributed by atoms with Crippen LogP contribution in [0.5, 0.6) is 0 Å². The summed E-state index contributed by atoms with van der Waals surface area (Å²) in [7, 11) is 0. The Bertz CT molecular complexity index is 762. The van der Waals surface area contributed by atoms with Crippen molar-refractivity contribution >= 4 is 17.9 Å². The van der Waals surface area contributed by atoms with Gasteiger partial charge >= 0.3 is 5.97 Å². The zero-order valence-electron chi connectivity index (χ0n) is 10.9. The summed E-state index contributed by atoms with van der Waals surface area (Å²) in [4.78, 5) is 26.3. The second-order valence-corrected chi connectivity index (χ2v) is 4.06. The summed E-state index contributed by atoms with van der Waals surface area (Å²) >= 11 is 0. The van der Waals surface area contributed by atoms with Crippen LogP contribution in [0, 0.1) is 21.7 Å². The molecular formula is C14H8F2N2O4. The Morgan fingerprint density at radius 3 is 2.59 bits per heavy atom. The van der Waals surface area contributed by atoms with Crippen LogP contribution in [-0.2, 0) is 4.84 Å². The van der Waals surface area contributed by atoms with E-state index in [0.717, 1.165) is 24.4 Å². The van der Waals surface area contributed by atoms with E-state index in [0.29, 0.717) is 0 Å². The van der Waals surface area contributed by atoms with E-state index < -0.39 is 28.2 Å². The molecule has 2 rings (SSSR count). The van der Waals surface area contributed by atoms with Gasteiger partial charge in [0, 0.05) is 6.07 Å². The van der Waals surface area contributed by atoms with Crippen LogP contribution in [0.2, 0.25) is 0 Å². The van der Waals surface area contributed by atoms with Crippen molar-refractivity contribution in [1.82, 2.24) is 0 Å². The van der Waals surface area contributed by atoms with Crippen molar-refractivity contribution in [3.8, 4) is 0 Å². The average molecular weight is 306 g/mol. The van der Waals surface area contributed by atoms with Gasteiger partial charge in [0.1, 0.15) is 5.56 Å². The van der Waals surface area contributed by atoms with E-state index in [1.807, 2.05) is 0 Å². The molecule has 0 spiro atoms. The first-order valence-electron chi connectivity index (χ1n) is 5.92. The van der Waals surface area contributed by atoms with Crippen LogP contribution in [0.15, 0.2) is 47.6 Å². The minimum Gasteiger partial charge on any atom is -0.313 e. The summed E-state index contributed by atoms with van der Waals surface area (Å²) in [6, 6.07) is 8.17. The first-order valence-corrected chi connectivity index (χ1v) is 5.92. The number of nitro benzene ring substituents is 1. The quantitative estimate of drug-likeness (QED) is 0.376. The maximum Gasteiger partial charge on any atom is 0.372 e. The molecule has 0 aromatic heterocycles. The Kier molecular flexibility index (Phi) is 4.52. The van der Waals surface area contributed by atoms with Gasteiger partial charge in [-0.1, -0.05) is 23.4 Å². The van der Waals surface area contributed by atoms with Crippen molar-refractivity contribution in [3.63, 3.8) is 0 Å². The molecule has 6 nitrogen and oxygen atoms in total. The highest BCUT2D eigenvalue weighted by Crippen LogP contribution is 2.18. The van der Waals surface area contributed by atoms with Crippen LogP contribution >= 0.6 is 0 Å². The van der Waals surface area contributed by atoms with Gasteiger partial charge in [0.25, 0.3) is 5.69 Å². The molecule has 0 saturated heterocycles. The molecule has 0 aliphatic rings. The third-order valence-corrected chi connectivity index (χ3v) is 2.60. The lowest BCUT2D eigenvalue weighted by Gasteiger charge is -1.99. The highest BCUT2D eigenvalue weighted by Gasteiger charge is 2.20. The molecule has 0 N–H and O–H groups in total. The van der Waals surface area contributed by atoms with E-state index >= 15 is 0 Å². The zero-order chi connectivity index (χ0) is 16.1. The summed E-state index contributed by atoms with van der Waals surface area (Å²) in [6.45, 7) is 0. The van der Waals surface area contributed by atoms with Gasteiger partial charge < -0.3 is 4.84 Å². The molecule has 0 aliphatic carbocycles. The smallest absolute Gasteiger partial charge is 0.313 e. The molecule has 0 unspecified atom stereocenters. The van der Waals surface area contributed by atoms with Gasteiger partial charge in [-0.05, 0) is 23.8 Å². The van der Waals surface area contributed by atoms with Gasteiger partial charge in [-0.15, -0.1) is 0 Å². The molecule has 8 heteroatoms. The SMILES string of the molecule is O=C(ON=Cc1ccc(F)c(F)c1)c1ccccc1[N+](=O)[O-]. The van der Waals surface area contributed by atoms with Crippen LogP contribution in [0.1, 0.15) is 15.9 Å². The number of oxime groups is 1. The first-order chi connectivity index (χ1) is 10.5. The van der Waals surface area contributed by atoms with Crippen molar-refractivity contribution in [1.29, 1.82) is 0 Å². The van der Waals surface area contributed by atoms with Crippen LogP contribution in [0.3, 0.4) is 0 Å². The number of rotatable bonds is 4. The minimum absolute atomic E-state index is 0.161. The number of carbonyl (C=O) groups excluding carboxylic acids is 1. The van der Waals surface area contributed by atoms with Gasteiger partial charge in [-0.25, -0.2) is 13.6 Å². The molecule has 2 aromatic carbocycles. The van der Waals surface area contributed by atoms with Crippen LogP contribution in [0.4, 0.5) is 14.5 Å². The molecule has 0 aliphatic heterocycles. The van der Waals surface area contributed by atoms with Gasteiger partial charge in [0.05, 0.1) is 11.1 Å². The van der Waals surface area contributed by atoms with Gasteiger partial charge in [-0.2, -0.15) is 0 Å². The summed E-state index contributed by atoms with van der Waals surface area (Å²) in [5.74, 6) is -3.13. The van der Waals surface area contributed by atoms with Crippen molar-refractivity contribution in [2.24, 2.45) is 5.16 Å². The van der Waals surface area contributed by atoms with Crippen LogP contribution in [0.25, 0.3) is 0 Å². The van der Waals surface area contributed by atoms with E-state index in [1.165, 1.54) is 24.3 Å². The molecule has 2 aromatic rings. The molecule has 0 saturated carbocycles. The molecule has 0 bridgehead atoms. The predicted molar refractivity (Wildman–Crippen MR) is 72.5 cm³/mol. The fourth-order valence-electron chi connectivity index (χ4n) is 1.58. The van der Waals surface area contributed by atoms with E-state index in [9.17, 15) is 23.7 Å². The summed E-state index contributed by atoms with van der Waals surface area (Å²) in [6.07, 6.45) is 0.981. The van der Waals surface area contributed by atoms with E-state index in [-0.39, 0.29) is 11.1 Å². The normalized spacial score (nSPS) is 10.6. The Morgan fingerprint density at radius 1 is 1.18 bits per heavy atom. The van der Waals surface area contributed by atoms with Crippen LogP contribution < -0.4 is 0 Å². The topological polar surface area (TPSA) is 81.8 Å². The molecule has 0 heterocycles. The number of para-hydroxylation sites is 1. The lowest BCUT2D eigenvalue weighted by molar-refractivity contribution is -0.385. The molecule has 0 fully saturated rings. The standard InChI is InChI=1S/C14H8F2N2O4/c15-11-6-5-9(7-12(11)16)8-17-22-14(19)10-3-1-2-4-13(10)18(20)21/h1-8H. The molecule has 0 radical (unpaired) electrons. The maximum absolute atomic E-state index is 13.0. The zero-order valence-corrected chi connectivity index (χ0v) is 10.9. The third-order valence-electron chi connectivity index (χ3n) is 2.60. The van der Waals surface area contributed by atoms with Gasteiger partial charge in [0.15, 0.2) is 11.6 Å². The monoisotopic (exact) mass is 306 g/mol.